The second-order valence-electron chi connectivity index (χ2n) is 4.58. The largest absolute Gasteiger partial charge is 0.478 e. The van der Waals surface area contributed by atoms with E-state index in [1.807, 2.05) is 0 Å². The van der Waals surface area contributed by atoms with Crippen LogP contribution in [0.1, 0.15) is 40.6 Å². The number of hydrogen-bond acceptors (Lipinski definition) is 5. The topological polar surface area (TPSA) is 110 Å². The van der Waals surface area contributed by atoms with Crippen LogP contribution in [0.5, 0.6) is 0 Å². The maximum Gasteiger partial charge on any atom is 0.340 e. The van der Waals surface area contributed by atoms with Crippen LogP contribution in [-0.2, 0) is 10.0 Å². The van der Waals surface area contributed by atoms with Crippen LogP contribution >= 0.6 is 0 Å². The minimum absolute atomic E-state index is 0.0315. The molecule has 1 atom stereocenters. The highest BCUT2D eigenvalue weighted by Gasteiger charge is 2.32. The highest BCUT2D eigenvalue weighted by molar-refractivity contribution is 7.89. The fraction of sp³-hybridized carbons (Fsp3) is 0.308. The first-order chi connectivity index (χ1) is 9.74. The molecule has 2 N–H and O–H groups in total. The van der Waals surface area contributed by atoms with Gasteiger partial charge in [0, 0.05) is 0 Å². The van der Waals surface area contributed by atoms with E-state index in [1.165, 1.54) is 20.1 Å². The molecule has 0 radical (unpaired) electrons. The van der Waals surface area contributed by atoms with Gasteiger partial charge in [0.15, 0.2) is 0 Å². The number of aryl methyl sites for hydroxylation is 2. The van der Waals surface area contributed by atoms with Gasteiger partial charge in [0.1, 0.15) is 27.7 Å². The monoisotopic (exact) mass is 313 g/mol. The van der Waals surface area contributed by atoms with Crippen molar-refractivity contribution >= 4 is 16.0 Å². The molecule has 2 heterocycles. The molecule has 0 saturated carbocycles. The van der Waals surface area contributed by atoms with Gasteiger partial charge >= 0.3 is 5.97 Å². The van der Waals surface area contributed by atoms with Gasteiger partial charge in [-0.1, -0.05) is 0 Å². The zero-order valence-electron chi connectivity index (χ0n) is 11.7. The zero-order valence-corrected chi connectivity index (χ0v) is 12.5. The summed E-state index contributed by atoms with van der Waals surface area (Å²) in [5, 5.41) is 9.17. The van der Waals surface area contributed by atoms with Gasteiger partial charge < -0.3 is 13.9 Å². The molecule has 0 aliphatic carbocycles. The van der Waals surface area contributed by atoms with Crippen molar-refractivity contribution in [2.75, 3.05) is 0 Å². The summed E-state index contributed by atoms with van der Waals surface area (Å²) in [6, 6.07) is 2.62. The lowest BCUT2D eigenvalue weighted by Gasteiger charge is -2.12. The maximum atomic E-state index is 12.4. The molecule has 21 heavy (non-hydrogen) atoms. The molecule has 2 aromatic rings. The number of hydrogen-bond donors (Lipinski definition) is 2. The van der Waals surface area contributed by atoms with Gasteiger partial charge in [0.25, 0.3) is 0 Å². The van der Waals surface area contributed by atoms with E-state index in [2.05, 4.69) is 4.72 Å². The molecule has 2 rings (SSSR count). The Morgan fingerprint density at radius 1 is 1.33 bits per heavy atom. The van der Waals surface area contributed by atoms with E-state index < -0.39 is 22.0 Å². The summed E-state index contributed by atoms with van der Waals surface area (Å²) < 4.78 is 37.5. The fourth-order valence-electron chi connectivity index (χ4n) is 2.12. The Kier molecular flexibility index (Phi) is 3.93. The molecule has 0 amide bonds. The van der Waals surface area contributed by atoms with Crippen molar-refractivity contribution in [3.8, 4) is 0 Å². The van der Waals surface area contributed by atoms with Gasteiger partial charge in [-0.15, -0.1) is 0 Å². The summed E-state index contributed by atoms with van der Waals surface area (Å²) in [5.41, 5.74) is -0.355. The second kappa shape index (κ2) is 5.38. The Hall–Kier alpha value is -2.06. The summed E-state index contributed by atoms with van der Waals surface area (Å²) >= 11 is 0. The Morgan fingerprint density at radius 3 is 2.52 bits per heavy atom. The number of sulfonamides is 1. The second-order valence-corrected chi connectivity index (χ2v) is 6.23. The number of carboxylic acids is 1. The molecule has 0 aromatic carbocycles. The molecule has 0 unspecified atom stereocenters. The average molecular weight is 313 g/mol. The lowest BCUT2D eigenvalue weighted by Crippen LogP contribution is -2.28. The minimum atomic E-state index is -4.06. The van der Waals surface area contributed by atoms with E-state index in [0.29, 0.717) is 5.76 Å². The van der Waals surface area contributed by atoms with E-state index in [0.717, 1.165) is 0 Å². The summed E-state index contributed by atoms with van der Waals surface area (Å²) in [5.74, 6) is -0.848. The lowest BCUT2D eigenvalue weighted by molar-refractivity contribution is 0.0691. The summed E-state index contributed by atoms with van der Waals surface area (Å²) in [7, 11) is -4.06. The van der Waals surface area contributed by atoms with Crippen LogP contribution < -0.4 is 4.72 Å². The van der Waals surface area contributed by atoms with Crippen molar-refractivity contribution in [1.82, 2.24) is 4.72 Å². The molecule has 0 saturated heterocycles. The van der Waals surface area contributed by atoms with Gasteiger partial charge in [0.05, 0.1) is 12.3 Å². The van der Waals surface area contributed by atoms with E-state index in [-0.39, 0.29) is 22.0 Å². The quantitative estimate of drug-likeness (QED) is 0.876. The van der Waals surface area contributed by atoms with Gasteiger partial charge in [-0.3, -0.25) is 0 Å². The molecule has 0 bridgehead atoms. The lowest BCUT2D eigenvalue weighted by atomic mass is 10.2. The molecule has 7 nitrogen and oxygen atoms in total. The third kappa shape index (κ3) is 2.86. The fourth-order valence-corrected chi connectivity index (χ4v) is 3.74. The Labute approximate surface area is 121 Å². The first-order valence-electron chi connectivity index (χ1n) is 6.13. The van der Waals surface area contributed by atoms with Crippen LogP contribution in [0.2, 0.25) is 0 Å². The summed E-state index contributed by atoms with van der Waals surface area (Å²) in [6.07, 6.45) is 1.43. The molecule has 0 aliphatic rings. The van der Waals surface area contributed by atoms with Crippen LogP contribution in [0, 0.1) is 13.8 Å². The molecule has 8 heteroatoms. The van der Waals surface area contributed by atoms with Crippen LogP contribution in [0.15, 0.2) is 32.1 Å². The van der Waals surface area contributed by atoms with Crippen LogP contribution in [0.3, 0.4) is 0 Å². The van der Waals surface area contributed by atoms with Crippen LogP contribution in [0.4, 0.5) is 0 Å². The summed E-state index contributed by atoms with van der Waals surface area (Å²) in [4.78, 5) is 10.9. The number of nitrogens with one attached hydrogen (secondary N) is 1. The molecular weight excluding hydrogens is 298 g/mol. The minimum Gasteiger partial charge on any atom is -0.478 e. The number of furan rings is 2. The normalized spacial score (nSPS) is 13.3. The first kappa shape index (κ1) is 15.3. The smallest absolute Gasteiger partial charge is 0.340 e. The van der Waals surface area contributed by atoms with Crippen molar-refractivity contribution in [3.63, 3.8) is 0 Å². The highest BCUT2D eigenvalue weighted by atomic mass is 32.2. The molecule has 0 spiro atoms. The van der Waals surface area contributed by atoms with E-state index in [1.54, 1.807) is 19.1 Å². The zero-order chi connectivity index (χ0) is 15.8. The van der Waals surface area contributed by atoms with Crippen molar-refractivity contribution in [2.24, 2.45) is 0 Å². The number of carboxylic acid groups (broad SMARTS) is 1. The van der Waals surface area contributed by atoms with Gasteiger partial charge in [-0.2, -0.15) is 0 Å². The third-order valence-corrected chi connectivity index (χ3v) is 4.68. The predicted molar refractivity (Wildman–Crippen MR) is 72.6 cm³/mol. The van der Waals surface area contributed by atoms with E-state index in [4.69, 9.17) is 8.83 Å². The molecular formula is C13H15NO6S. The van der Waals surface area contributed by atoms with E-state index in [9.17, 15) is 18.3 Å². The molecule has 114 valence electrons. The van der Waals surface area contributed by atoms with Gasteiger partial charge in [0.2, 0.25) is 10.0 Å². The predicted octanol–water partition coefficient (Wildman–Crippen LogP) is 2.23. The summed E-state index contributed by atoms with van der Waals surface area (Å²) in [6.45, 7) is 4.41. The highest BCUT2D eigenvalue weighted by Crippen LogP contribution is 2.28. The number of aromatic carboxylic acids is 1. The maximum absolute atomic E-state index is 12.4. The van der Waals surface area contributed by atoms with Crippen LogP contribution in [-0.4, -0.2) is 19.5 Å². The van der Waals surface area contributed by atoms with Gasteiger partial charge in [-0.25, -0.2) is 17.9 Å². The SMILES string of the molecule is Cc1oc(C)c(S(=O)(=O)N[C@@H](C)c2ccco2)c1C(=O)O. The molecule has 0 fully saturated rings. The first-order valence-corrected chi connectivity index (χ1v) is 7.61. The molecule has 2 aromatic heterocycles. The standard InChI is InChI=1S/C13H15NO6S/c1-7(10-5-4-6-19-10)14-21(17,18)12-9(3)20-8(2)11(12)13(15)16/h4-7,14H,1-3H3,(H,15,16)/t7-/m0/s1. The Balaban J connectivity index is 2.43. The number of carbonyl (C=O) groups is 1. The molecule has 0 aliphatic heterocycles. The average Bonchev–Trinajstić information content (AvgIpc) is 2.95. The van der Waals surface area contributed by atoms with Crippen molar-refractivity contribution < 1.29 is 27.2 Å². The Morgan fingerprint density at radius 2 is 2.00 bits per heavy atom. The number of rotatable bonds is 5. The van der Waals surface area contributed by atoms with Crippen molar-refractivity contribution in [2.45, 2.75) is 31.7 Å². The van der Waals surface area contributed by atoms with Crippen LogP contribution in [0.25, 0.3) is 0 Å². The van der Waals surface area contributed by atoms with Crippen molar-refractivity contribution in [1.29, 1.82) is 0 Å². The Bertz CT molecular complexity index is 757. The van der Waals surface area contributed by atoms with Crippen molar-refractivity contribution in [3.05, 3.63) is 41.2 Å². The third-order valence-electron chi connectivity index (χ3n) is 2.99. The van der Waals surface area contributed by atoms with Gasteiger partial charge in [-0.05, 0) is 32.9 Å². The van der Waals surface area contributed by atoms with E-state index >= 15 is 0 Å².